The van der Waals surface area contributed by atoms with Gasteiger partial charge in [-0.3, -0.25) is 15.2 Å². The summed E-state index contributed by atoms with van der Waals surface area (Å²) < 4.78 is 16.0. The van der Waals surface area contributed by atoms with E-state index in [1.54, 1.807) is 50.6 Å². The molecule has 146 valence electrons. The van der Waals surface area contributed by atoms with E-state index in [1.165, 1.54) is 0 Å². The summed E-state index contributed by atoms with van der Waals surface area (Å²) in [5.41, 5.74) is 1.58. The zero-order chi connectivity index (χ0) is 20.1. The van der Waals surface area contributed by atoms with Crippen molar-refractivity contribution in [2.45, 2.75) is 6.92 Å². The molecule has 0 saturated heterocycles. The summed E-state index contributed by atoms with van der Waals surface area (Å²) in [4.78, 5) is 16.4. The number of aryl methyl sites for hydroxylation is 1. The molecule has 0 spiro atoms. The number of aromatic nitrogens is 3. The van der Waals surface area contributed by atoms with Crippen LogP contribution in [0.4, 0.5) is 5.95 Å². The Labute approximate surface area is 166 Å². The van der Waals surface area contributed by atoms with Gasteiger partial charge in [0, 0.05) is 10.6 Å². The molecule has 9 heteroatoms. The molecule has 0 unspecified atom stereocenters. The Morgan fingerprint density at radius 1 is 1.11 bits per heavy atom. The molecule has 2 aromatic carbocycles. The van der Waals surface area contributed by atoms with Crippen molar-refractivity contribution in [2.24, 2.45) is 0 Å². The number of nitrogens with zero attached hydrogens (tertiary/aromatic N) is 2. The average Bonchev–Trinajstić information content (AvgIpc) is 3.15. The number of anilines is 1. The van der Waals surface area contributed by atoms with E-state index < -0.39 is 0 Å². The van der Waals surface area contributed by atoms with Gasteiger partial charge < -0.3 is 14.2 Å². The van der Waals surface area contributed by atoms with Crippen LogP contribution in [0.25, 0.3) is 11.4 Å². The van der Waals surface area contributed by atoms with E-state index in [0.717, 1.165) is 11.1 Å². The lowest BCUT2D eigenvalue weighted by atomic mass is 10.2. The summed E-state index contributed by atoms with van der Waals surface area (Å²) in [6.07, 6.45) is 0. The number of carbonyl (C=O) groups is 1. The molecule has 0 fully saturated rings. The predicted octanol–water partition coefficient (Wildman–Crippen LogP) is 3.47. The highest BCUT2D eigenvalue weighted by atomic mass is 35.5. The lowest BCUT2D eigenvalue weighted by molar-refractivity contribution is -0.118. The normalized spacial score (nSPS) is 10.4. The minimum Gasteiger partial charge on any atom is -0.493 e. The van der Waals surface area contributed by atoms with E-state index >= 15 is 0 Å². The lowest BCUT2D eigenvalue weighted by Crippen LogP contribution is -2.21. The number of amides is 1. The van der Waals surface area contributed by atoms with Crippen LogP contribution in [0.3, 0.4) is 0 Å². The Kier molecular flexibility index (Phi) is 6.00. The number of benzene rings is 2. The van der Waals surface area contributed by atoms with Crippen molar-refractivity contribution >= 4 is 23.5 Å². The van der Waals surface area contributed by atoms with E-state index in [1.807, 2.05) is 6.92 Å². The minimum atomic E-state index is -0.382. The van der Waals surface area contributed by atoms with Crippen LogP contribution in [-0.4, -0.2) is 41.9 Å². The third-order valence-corrected chi connectivity index (χ3v) is 4.12. The molecule has 0 saturated carbocycles. The number of rotatable bonds is 7. The van der Waals surface area contributed by atoms with Gasteiger partial charge in [-0.05, 0) is 48.9 Å². The second kappa shape index (κ2) is 8.62. The molecule has 28 heavy (non-hydrogen) atoms. The molecule has 1 amide bonds. The third-order valence-electron chi connectivity index (χ3n) is 3.89. The maximum absolute atomic E-state index is 12.1. The molecule has 0 radical (unpaired) electrons. The second-order valence-electron chi connectivity index (χ2n) is 5.82. The minimum absolute atomic E-state index is 0.145. The zero-order valence-corrected chi connectivity index (χ0v) is 16.3. The van der Waals surface area contributed by atoms with Crippen molar-refractivity contribution in [1.82, 2.24) is 15.2 Å². The third kappa shape index (κ3) is 4.52. The summed E-state index contributed by atoms with van der Waals surface area (Å²) in [6, 6.07) is 10.5. The first kappa shape index (κ1) is 19.5. The molecule has 3 aromatic rings. The highest BCUT2D eigenvalue weighted by molar-refractivity contribution is 6.30. The van der Waals surface area contributed by atoms with Crippen molar-refractivity contribution in [3.05, 3.63) is 47.0 Å². The Balaban J connectivity index is 1.63. The summed E-state index contributed by atoms with van der Waals surface area (Å²) in [7, 11) is 3.11. The number of hydrogen-bond donors (Lipinski definition) is 2. The van der Waals surface area contributed by atoms with Crippen molar-refractivity contribution < 1.29 is 19.0 Å². The van der Waals surface area contributed by atoms with E-state index in [2.05, 4.69) is 20.5 Å². The van der Waals surface area contributed by atoms with Crippen LogP contribution in [0.15, 0.2) is 36.4 Å². The van der Waals surface area contributed by atoms with Crippen LogP contribution in [0.5, 0.6) is 17.2 Å². The second-order valence-corrected chi connectivity index (χ2v) is 6.26. The molecule has 0 aliphatic heterocycles. The largest absolute Gasteiger partial charge is 0.493 e. The van der Waals surface area contributed by atoms with Gasteiger partial charge in [-0.2, -0.15) is 4.98 Å². The highest BCUT2D eigenvalue weighted by Gasteiger charge is 2.12. The SMILES string of the molecule is COc1ccc(-c2nc(NC(=O)COc3ccc(Cl)cc3C)n[nH]2)cc1OC. The van der Waals surface area contributed by atoms with Crippen LogP contribution in [-0.2, 0) is 4.79 Å². The molecule has 8 nitrogen and oxygen atoms in total. The van der Waals surface area contributed by atoms with Crippen molar-refractivity contribution in [3.8, 4) is 28.6 Å². The maximum atomic E-state index is 12.1. The fraction of sp³-hybridized carbons (Fsp3) is 0.211. The number of carbonyl (C=O) groups excluding carboxylic acids is 1. The molecule has 0 atom stereocenters. The fourth-order valence-corrected chi connectivity index (χ4v) is 2.74. The van der Waals surface area contributed by atoms with Crippen molar-refractivity contribution in [1.29, 1.82) is 0 Å². The number of halogens is 1. The molecule has 2 N–H and O–H groups in total. The van der Waals surface area contributed by atoms with E-state index in [0.29, 0.717) is 28.1 Å². The molecule has 0 aliphatic rings. The fourth-order valence-electron chi connectivity index (χ4n) is 2.51. The van der Waals surface area contributed by atoms with Crippen LogP contribution in [0.1, 0.15) is 5.56 Å². The number of hydrogen-bond acceptors (Lipinski definition) is 6. The molecule has 1 aromatic heterocycles. The van der Waals surface area contributed by atoms with Crippen molar-refractivity contribution in [3.63, 3.8) is 0 Å². The Hall–Kier alpha value is -3.26. The van der Waals surface area contributed by atoms with Gasteiger partial charge in [-0.1, -0.05) is 11.6 Å². The topological polar surface area (TPSA) is 98.4 Å². The summed E-state index contributed by atoms with van der Waals surface area (Å²) >= 11 is 5.91. The van der Waals surface area contributed by atoms with Crippen LogP contribution >= 0.6 is 11.6 Å². The highest BCUT2D eigenvalue weighted by Crippen LogP contribution is 2.31. The predicted molar refractivity (Wildman–Crippen MR) is 105 cm³/mol. The van der Waals surface area contributed by atoms with Crippen molar-refractivity contribution in [2.75, 3.05) is 26.1 Å². The zero-order valence-electron chi connectivity index (χ0n) is 15.6. The Morgan fingerprint density at radius 2 is 1.86 bits per heavy atom. The molecule has 3 rings (SSSR count). The molecule has 0 bridgehead atoms. The quantitative estimate of drug-likeness (QED) is 0.628. The first-order chi connectivity index (χ1) is 13.5. The van der Waals surface area contributed by atoms with E-state index in [9.17, 15) is 4.79 Å². The standard InChI is InChI=1S/C19H19ClN4O4/c1-11-8-13(20)5-7-14(11)28-10-17(25)21-19-22-18(23-24-19)12-4-6-15(26-2)16(9-12)27-3/h4-9H,10H2,1-3H3,(H2,21,22,23,24,25). The summed E-state index contributed by atoms with van der Waals surface area (Å²) in [6.45, 7) is 1.67. The number of aromatic amines is 1. The van der Waals surface area contributed by atoms with Gasteiger partial charge in [-0.25, -0.2) is 0 Å². The lowest BCUT2D eigenvalue weighted by Gasteiger charge is -2.08. The van der Waals surface area contributed by atoms with E-state index in [-0.39, 0.29) is 18.5 Å². The smallest absolute Gasteiger partial charge is 0.264 e. The maximum Gasteiger partial charge on any atom is 0.264 e. The van der Waals surface area contributed by atoms with Gasteiger partial charge in [-0.15, -0.1) is 5.10 Å². The molecule has 1 heterocycles. The van der Waals surface area contributed by atoms with Gasteiger partial charge in [0.15, 0.2) is 23.9 Å². The Bertz CT molecular complexity index is 990. The number of nitrogens with one attached hydrogen (secondary N) is 2. The molecule has 0 aliphatic carbocycles. The molecular formula is C19H19ClN4O4. The van der Waals surface area contributed by atoms with Gasteiger partial charge in [0.05, 0.1) is 14.2 Å². The van der Waals surface area contributed by atoms with Gasteiger partial charge in [0.25, 0.3) is 5.91 Å². The molecular weight excluding hydrogens is 384 g/mol. The summed E-state index contributed by atoms with van der Waals surface area (Å²) in [5.74, 6) is 1.99. The van der Waals surface area contributed by atoms with E-state index in [4.69, 9.17) is 25.8 Å². The van der Waals surface area contributed by atoms with Crippen LogP contribution in [0, 0.1) is 6.92 Å². The van der Waals surface area contributed by atoms with Gasteiger partial charge >= 0.3 is 0 Å². The van der Waals surface area contributed by atoms with Crippen LogP contribution < -0.4 is 19.5 Å². The van der Waals surface area contributed by atoms with Crippen LogP contribution in [0.2, 0.25) is 5.02 Å². The van der Waals surface area contributed by atoms with Gasteiger partial charge in [0.2, 0.25) is 5.95 Å². The Morgan fingerprint density at radius 3 is 2.57 bits per heavy atom. The monoisotopic (exact) mass is 402 g/mol. The summed E-state index contributed by atoms with van der Waals surface area (Å²) in [5, 5.41) is 9.97. The number of H-pyrrole nitrogens is 1. The first-order valence-electron chi connectivity index (χ1n) is 8.33. The van der Waals surface area contributed by atoms with Gasteiger partial charge in [0.1, 0.15) is 5.75 Å². The first-order valence-corrected chi connectivity index (χ1v) is 8.71. The number of ether oxygens (including phenoxy) is 3. The average molecular weight is 403 g/mol. The number of methoxy groups -OCH3 is 2.